The highest BCUT2D eigenvalue weighted by atomic mass is 16.7. The van der Waals surface area contributed by atoms with Crippen LogP contribution in [0.25, 0.3) is 0 Å². The lowest BCUT2D eigenvalue weighted by atomic mass is 9.97. The van der Waals surface area contributed by atoms with Gasteiger partial charge in [0.15, 0.2) is 11.5 Å². The van der Waals surface area contributed by atoms with E-state index in [4.69, 9.17) is 14.2 Å². The molecule has 0 radical (unpaired) electrons. The molecule has 1 atom stereocenters. The molecule has 0 saturated carbocycles. The summed E-state index contributed by atoms with van der Waals surface area (Å²) in [6, 6.07) is 20.5. The first-order valence-corrected chi connectivity index (χ1v) is 12.4. The number of ketones is 1. The van der Waals surface area contributed by atoms with E-state index >= 15 is 0 Å². The van der Waals surface area contributed by atoms with Gasteiger partial charge in [-0.3, -0.25) is 9.59 Å². The molecule has 200 valence electrons. The van der Waals surface area contributed by atoms with Gasteiger partial charge >= 0.3 is 17.7 Å². The van der Waals surface area contributed by atoms with Crippen molar-refractivity contribution in [3.8, 4) is 11.5 Å². The topological polar surface area (TPSA) is 119 Å². The molecule has 0 spiro atoms. The highest BCUT2D eigenvalue weighted by Crippen LogP contribution is 2.49. The smallest absolute Gasteiger partial charge is 0.375 e. The van der Waals surface area contributed by atoms with Crippen molar-refractivity contribution in [1.29, 1.82) is 0 Å². The molecule has 2 heterocycles. The summed E-state index contributed by atoms with van der Waals surface area (Å²) in [4.78, 5) is 51.1. The Hall–Kier alpha value is -4.66. The maximum Gasteiger partial charge on any atom is 0.375 e. The number of hydrogen-bond acceptors (Lipinski definition) is 7. The van der Waals surface area contributed by atoms with Gasteiger partial charge in [0.05, 0.1) is 0 Å². The lowest BCUT2D eigenvalue weighted by molar-refractivity contribution is -0.163. The fraction of sp³-hybridized carbons (Fsp3) is 0.267. The zero-order valence-corrected chi connectivity index (χ0v) is 21.7. The highest BCUT2D eigenvalue weighted by Gasteiger charge is 2.47. The van der Waals surface area contributed by atoms with E-state index in [0.717, 1.165) is 16.0 Å². The summed E-state index contributed by atoms with van der Waals surface area (Å²) < 4.78 is 17.9. The average molecular weight is 530 g/mol. The Morgan fingerprint density at radius 2 is 1.49 bits per heavy atom. The first-order chi connectivity index (χ1) is 18.5. The van der Waals surface area contributed by atoms with Crippen molar-refractivity contribution in [2.45, 2.75) is 51.2 Å². The zero-order valence-electron chi connectivity index (χ0n) is 21.7. The highest BCUT2D eigenvalue weighted by molar-refractivity contribution is 6.34. The van der Waals surface area contributed by atoms with Crippen molar-refractivity contribution >= 4 is 23.6 Å². The van der Waals surface area contributed by atoms with Crippen LogP contribution in [0.15, 0.2) is 72.8 Å². The molecule has 0 aliphatic carbocycles. The number of carboxylic acid groups (broad SMARTS) is 1. The number of carboxylic acids is 1. The Kier molecular flexibility index (Phi) is 6.38. The number of nitrogens with zero attached hydrogens (tertiary/aromatic N) is 1. The Morgan fingerprint density at radius 3 is 2.00 bits per heavy atom. The summed E-state index contributed by atoms with van der Waals surface area (Å²) in [5.41, 5.74) is 1.36. The van der Waals surface area contributed by atoms with Crippen LogP contribution in [-0.2, 0) is 31.5 Å². The maximum atomic E-state index is 13.4. The Morgan fingerprint density at radius 1 is 0.949 bits per heavy atom. The third kappa shape index (κ3) is 4.83. The lowest BCUT2D eigenvalue weighted by Gasteiger charge is -2.28. The van der Waals surface area contributed by atoms with Crippen molar-refractivity contribution in [1.82, 2.24) is 4.90 Å². The molecule has 2 aliphatic heterocycles. The molecule has 0 fully saturated rings. The molecule has 3 aromatic carbocycles. The molecule has 9 nitrogen and oxygen atoms in total. The van der Waals surface area contributed by atoms with E-state index in [1.54, 1.807) is 26.8 Å². The van der Waals surface area contributed by atoms with Gasteiger partial charge in [-0.15, -0.1) is 0 Å². The van der Waals surface area contributed by atoms with Crippen LogP contribution in [0.4, 0.5) is 0 Å². The second kappa shape index (κ2) is 9.58. The second-order valence-electron chi connectivity index (χ2n) is 10.4. The summed E-state index contributed by atoms with van der Waals surface area (Å²) >= 11 is 0. The minimum Gasteiger partial charge on any atom is -0.480 e. The Bertz CT molecular complexity index is 1420. The third-order valence-electron chi connectivity index (χ3n) is 6.48. The quantitative estimate of drug-likeness (QED) is 0.359. The van der Waals surface area contributed by atoms with Crippen molar-refractivity contribution in [3.63, 3.8) is 0 Å². The van der Waals surface area contributed by atoms with Crippen LogP contribution < -0.4 is 9.47 Å². The van der Waals surface area contributed by atoms with Crippen LogP contribution in [0.5, 0.6) is 11.5 Å². The first kappa shape index (κ1) is 26.0. The van der Waals surface area contributed by atoms with Crippen LogP contribution in [-0.4, -0.2) is 45.3 Å². The van der Waals surface area contributed by atoms with E-state index in [2.05, 4.69) is 0 Å². The molecule has 3 aromatic rings. The number of benzene rings is 3. The number of fused-ring (bicyclic) bond motifs is 2. The number of Topliss-reactive ketones (excluding diaryl/α,β-unsaturated/α-hetero) is 1. The fourth-order valence-corrected chi connectivity index (χ4v) is 4.73. The number of aliphatic carboxylic acids is 1. The molecule has 39 heavy (non-hydrogen) atoms. The zero-order chi connectivity index (χ0) is 27.9. The van der Waals surface area contributed by atoms with Crippen molar-refractivity contribution in [3.05, 3.63) is 95.1 Å². The standard InChI is InChI=1S/C30H27NO8/c1-29(2,3)39-28(36)23(32)16-22(27(34)35)31-17-18-14-24-25(15-21(18)26(31)33)38-30(37-24,19-10-6-4-7-11-19)20-12-8-5-9-13-20/h4-15,22H,16-17H2,1-3H3,(H,34,35)/t22-/m0/s1. The maximum absolute atomic E-state index is 13.4. The monoisotopic (exact) mass is 529 g/mol. The number of rotatable bonds is 7. The van der Waals surface area contributed by atoms with E-state index in [-0.39, 0.29) is 12.1 Å². The first-order valence-electron chi connectivity index (χ1n) is 12.4. The summed E-state index contributed by atoms with van der Waals surface area (Å²) in [7, 11) is 0. The fourth-order valence-electron chi connectivity index (χ4n) is 4.73. The molecule has 2 aliphatic rings. The normalized spacial score (nSPS) is 16.0. The van der Waals surface area contributed by atoms with Crippen LogP contribution in [0.2, 0.25) is 0 Å². The molecule has 5 rings (SSSR count). The molecule has 1 amide bonds. The van der Waals surface area contributed by atoms with Crippen molar-refractivity contribution in [2.24, 2.45) is 0 Å². The minimum atomic E-state index is -1.55. The lowest BCUT2D eigenvalue weighted by Crippen LogP contribution is -2.44. The summed E-state index contributed by atoms with van der Waals surface area (Å²) in [6.07, 6.45) is -0.707. The molecule has 0 saturated heterocycles. The number of esters is 1. The molecule has 0 unspecified atom stereocenters. The van der Waals surface area contributed by atoms with Crippen LogP contribution in [0.3, 0.4) is 0 Å². The molecule has 0 aromatic heterocycles. The predicted octanol–water partition coefficient (Wildman–Crippen LogP) is 4.07. The minimum absolute atomic E-state index is 0.0763. The van der Waals surface area contributed by atoms with Gasteiger partial charge in [0, 0.05) is 29.7 Å². The summed E-state index contributed by atoms with van der Waals surface area (Å²) in [5.74, 6) is -4.70. The molecular weight excluding hydrogens is 502 g/mol. The van der Waals surface area contributed by atoms with E-state index in [9.17, 15) is 24.3 Å². The van der Waals surface area contributed by atoms with E-state index < -0.39 is 47.5 Å². The summed E-state index contributed by atoms with van der Waals surface area (Å²) in [6.45, 7) is 4.72. The SMILES string of the molecule is CC(C)(C)OC(=O)C(=O)C[C@@H](C(=O)O)N1Cc2cc3c(cc2C1=O)OC(c1ccccc1)(c1ccccc1)O3. The number of hydrogen-bond donors (Lipinski definition) is 1. The van der Waals surface area contributed by atoms with Crippen molar-refractivity contribution < 1.29 is 38.5 Å². The second-order valence-corrected chi connectivity index (χ2v) is 10.4. The number of amides is 1. The third-order valence-corrected chi connectivity index (χ3v) is 6.48. The average Bonchev–Trinajstić information content (AvgIpc) is 3.43. The van der Waals surface area contributed by atoms with E-state index in [1.165, 1.54) is 6.07 Å². The Labute approximate surface area is 224 Å². The Balaban J connectivity index is 1.42. The van der Waals surface area contributed by atoms with Crippen LogP contribution in [0, 0.1) is 0 Å². The van der Waals surface area contributed by atoms with E-state index in [1.807, 2.05) is 60.7 Å². The van der Waals surface area contributed by atoms with Crippen LogP contribution >= 0.6 is 0 Å². The number of carbonyl (C=O) groups excluding carboxylic acids is 3. The number of ether oxygens (including phenoxy) is 3. The van der Waals surface area contributed by atoms with Crippen LogP contribution in [0.1, 0.15) is 54.2 Å². The molecule has 1 N–H and O–H groups in total. The largest absolute Gasteiger partial charge is 0.480 e. The molecule has 0 bridgehead atoms. The van der Waals surface area contributed by atoms with Gasteiger partial charge in [-0.25, -0.2) is 9.59 Å². The van der Waals surface area contributed by atoms with Gasteiger partial charge in [-0.2, -0.15) is 0 Å². The molecule has 9 heteroatoms. The van der Waals surface area contributed by atoms with Gasteiger partial charge in [-0.05, 0) is 38.5 Å². The van der Waals surface area contributed by atoms with E-state index in [0.29, 0.717) is 17.1 Å². The van der Waals surface area contributed by atoms with Gasteiger partial charge in [-0.1, -0.05) is 60.7 Å². The number of carbonyl (C=O) groups is 4. The molecular formula is C30H27NO8. The van der Waals surface area contributed by atoms with Gasteiger partial charge in [0.25, 0.3) is 5.91 Å². The van der Waals surface area contributed by atoms with Crippen molar-refractivity contribution in [2.75, 3.05) is 0 Å². The predicted molar refractivity (Wildman–Crippen MR) is 138 cm³/mol. The van der Waals surface area contributed by atoms with Gasteiger partial charge < -0.3 is 24.2 Å². The van der Waals surface area contributed by atoms with Gasteiger partial charge in [0.2, 0.25) is 5.78 Å². The van der Waals surface area contributed by atoms with Gasteiger partial charge in [0.1, 0.15) is 11.6 Å². The summed E-state index contributed by atoms with van der Waals surface area (Å²) in [5, 5.41) is 9.83.